The summed E-state index contributed by atoms with van der Waals surface area (Å²) in [6.07, 6.45) is 3.65. The van der Waals surface area contributed by atoms with Crippen LogP contribution in [0.15, 0.2) is 0 Å². The van der Waals surface area contributed by atoms with Gasteiger partial charge in [-0.2, -0.15) is 0 Å². The summed E-state index contributed by atoms with van der Waals surface area (Å²) < 4.78 is 5.03. The Morgan fingerprint density at radius 3 is 2.67 bits per heavy atom. The van der Waals surface area contributed by atoms with E-state index in [1.807, 2.05) is 0 Å². The predicted molar refractivity (Wildman–Crippen MR) is 58.4 cm³/mol. The molecule has 1 amide bonds. The second-order valence-corrected chi connectivity index (χ2v) is 5.23. The highest BCUT2D eigenvalue weighted by Crippen LogP contribution is 2.54. The van der Waals surface area contributed by atoms with Crippen molar-refractivity contribution in [3.63, 3.8) is 0 Å². The van der Waals surface area contributed by atoms with Gasteiger partial charge >= 0.3 is 0 Å². The zero-order valence-electron chi connectivity index (χ0n) is 9.66. The van der Waals surface area contributed by atoms with Crippen molar-refractivity contribution in [3.8, 4) is 0 Å². The average molecular weight is 211 g/mol. The van der Waals surface area contributed by atoms with Crippen molar-refractivity contribution in [2.75, 3.05) is 20.3 Å². The fourth-order valence-corrected chi connectivity index (χ4v) is 2.69. The number of ether oxygens (including phenoxy) is 1. The minimum atomic E-state index is 0.269. The first-order valence-corrected chi connectivity index (χ1v) is 5.97. The molecule has 15 heavy (non-hydrogen) atoms. The highest BCUT2D eigenvalue weighted by atomic mass is 16.5. The minimum Gasteiger partial charge on any atom is -0.384 e. The van der Waals surface area contributed by atoms with Crippen LogP contribution < -0.4 is 5.32 Å². The molecule has 2 aliphatic carbocycles. The van der Waals surface area contributed by atoms with Crippen LogP contribution in [0.25, 0.3) is 0 Å². The fraction of sp³-hybridized carbons (Fsp3) is 0.917. The van der Waals surface area contributed by atoms with Crippen LogP contribution >= 0.6 is 0 Å². The van der Waals surface area contributed by atoms with E-state index in [-0.39, 0.29) is 5.91 Å². The number of carbonyl (C=O) groups is 1. The van der Waals surface area contributed by atoms with Gasteiger partial charge in [-0.1, -0.05) is 6.92 Å². The molecule has 2 saturated carbocycles. The number of amides is 1. The molecule has 3 atom stereocenters. The lowest BCUT2D eigenvalue weighted by atomic mass is 10.0. The second-order valence-electron chi connectivity index (χ2n) is 5.23. The fourth-order valence-electron chi connectivity index (χ4n) is 2.69. The summed E-state index contributed by atoms with van der Waals surface area (Å²) >= 11 is 0. The summed E-state index contributed by atoms with van der Waals surface area (Å²) in [4.78, 5) is 11.8. The summed E-state index contributed by atoms with van der Waals surface area (Å²) in [5.41, 5.74) is 0. The van der Waals surface area contributed by atoms with Crippen LogP contribution in [-0.4, -0.2) is 26.2 Å². The van der Waals surface area contributed by atoms with Crippen molar-refractivity contribution in [2.45, 2.75) is 26.2 Å². The van der Waals surface area contributed by atoms with Crippen molar-refractivity contribution in [2.24, 2.45) is 23.7 Å². The molecule has 0 heterocycles. The Kier molecular flexibility index (Phi) is 3.29. The van der Waals surface area contributed by atoms with Crippen LogP contribution in [-0.2, 0) is 9.53 Å². The summed E-state index contributed by atoms with van der Waals surface area (Å²) in [5.74, 6) is 2.76. The quantitative estimate of drug-likeness (QED) is 0.747. The van der Waals surface area contributed by atoms with Gasteiger partial charge in [0.05, 0.1) is 6.61 Å². The highest BCUT2D eigenvalue weighted by molar-refractivity contribution is 5.79. The molecule has 2 aliphatic rings. The molecule has 0 spiro atoms. The number of rotatable bonds is 5. The highest BCUT2D eigenvalue weighted by Gasteiger charge is 2.47. The van der Waals surface area contributed by atoms with Gasteiger partial charge in [-0.25, -0.2) is 0 Å². The van der Waals surface area contributed by atoms with Gasteiger partial charge in [-0.3, -0.25) is 4.79 Å². The Morgan fingerprint density at radius 1 is 1.40 bits per heavy atom. The molecule has 2 rings (SSSR count). The zero-order chi connectivity index (χ0) is 10.8. The molecule has 3 heteroatoms. The molecule has 1 N–H and O–H groups in total. The third-order valence-electron chi connectivity index (χ3n) is 3.69. The van der Waals surface area contributed by atoms with Gasteiger partial charge in [0, 0.05) is 19.6 Å². The van der Waals surface area contributed by atoms with Crippen LogP contribution in [0.3, 0.4) is 0 Å². The van der Waals surface area contributed by atoms with Crippen LogP contribution in [0.5, 0.6) is 0 Å². The van der Waals surface area contributed by atoms with Crippen LogP contribution in [0.1, 0.15) is 26.2 Å². The maximum Gasteiger partial charge on any atom is 0.223 e. The van der Waals surface area contributed by atoms with Crippen LogP contribution in [0.4, 0.5) is 0 Å². The Hall–Kier alpha value is -0.570. The first-order chi connectivity index (χ1) is 7.20. The SMILES string of the molecule is COCC(C)CNC(=O)C1CC2CC2C1. The standard InChI is InChI=1S/C12H21NO2/c1-8(7-15-2)6-13-12(14)11-4-9-3-10(9)5-11/h8-11H,3-7H2,1-2H3,(H,13,14). The van der Waals surface area contributed by atoms with E-state index >= 15 is 0 Å². The third kappa shape index (κ3) is 2.71. The summed E-state index contributed by atoms with van der Waals surface area (Å²) in [5, 5.41) is 3.03. The topological polar surface area (TPSA) is 38.3 Å². The smallest absolute Gasteiger partial charge is 0.223 e. The number of hydrogen-bond acceptors (Lipinski definition) is 2. The van der Waals surface area contributed by atoms with Crippen LogP contribution in [0.2, 0.25) is 0 Å². The maximum absolute atomic E-state index is 11.8. The van der Waals surface area contributed by atoms with Gasteiger partial charge in [0.15, 0.2) is 0 Å². The molecule has 3 nitrogen and oxygen atoms in total. The van der Waals surface area contributed by atoms with Crippen molar-refractivity contribution in [1.29, 1.82) is 0 Å². The Labute approximate surface area is 91.6 Å². The molecule has 0 saturated heterocycles. The third-order valence-corrected chi connectivity index (χ3v) is 3.69. The maximum atomic E-state index is 11.8. The van der Waals surface area contributed by atoms with Gasteiger partial charge in [0.25, 0.3) is 0 Å². The first kappa shape index (κ1) is 10.9. The number of carbonyl (C=O) groups excluding carboxylic acids is 1. The summed E-state index contributed by atoms with van der Waals surface area (Å²) in [6.45, 7) is 3.56. The molecule has 0 aromatic heterocycles. The van der Waals surface area contributed by atoms with Crippen molar-refractivity contribution in [3.05, 3.63) is 0 Å². The second kappa shape index (κ2) is 4.52. The minimum absolute atomic E-state index is 0.269. The zero-order valence-corrected chi connectivity index (χ0v) is 9.66. The van der Waals surface area contributed by atoms with E-state index in [1.165, 1.54) is 6.42 Å². The summed E-state index contributed by atoms with van der Waals surface area (Å²) in [7, 11) is 1.70. The lowest BCUT2D eigenvalue weighted by molar-refractivity contribution is -0.125. The van der Waals surface area contributed by atoms with E-state index in [9.17, 15) is 4.79 Å². The van der Waals surface area contributed by atoms with Gasteiger partial charge in [-0.05, 0) is 37.0 Å². The molecule has 0 aromatic carbocycles. The molecule has 86 valence electrons. The Morgan fingerprint density at radius 2 is 2.07 bits per heavy atom. The van der Waals surface area contributed by atoms with Gasteiger partial charge in [-0.15, -0.1) is 0 Å². The van der Waals surface area contributed by atoms with Gasteiger partial charge in [0.1, 0.15) is 0 Å². The van der Waals surface area contributed by atoms with Gasteiger partial charge < -0.3 is 10.1 Å². The summed E-state index contributed by atoms with van der Waals surface area (Å²) in [6, 6.07) is 0. The van der Waals surface area contributed by atoms with E-state index in [2.05, 4.69) is 12.2 Å². The lowest BCUT2D eigenvalue weighted by Gasteiger charge is -2.15. The molecule has 0 aliphatic heterocycles. The number of fused-ring (bicyclic) bond motifs is 1. The molecule has 3 unspecified atom stereocenters. The number of methoxy groups -OCH3 is 1. The molecule has 2 fully saturated rings. The monoisotopic (exact) mass is 211 g/mol. The Balaban J connectivity index is 1.64. The normalized spacial score (nSPS) is 34.7. The molecule has 0 bridgehead atoms. The van der Waals surface area contributed by atoms with E-state index < -0.39 is 0 Å². The van der Waals surface area contributed by atoms with E-state index in [0.29, 0.717) is 11.8 Å². The lowest BCUT2D eigenvalue weighted by Crippen LogP contribution is -2.34. The van der Waals surface area contributed by atoms with E-state index in [0.717, 1.165) is 37.8 Å². The van der Waals surface area contributed by atoms with Crippen molar-refractivity contribution >= 4 is 5.91 Å². The van der Waals surface area contributed by atoms with E-state index in [4.69, 9.17) is 4.74 Å². The van der Waals surface area contributed by atoms with Crippen molar-refractivity contribution < 1.29 is 9.53 Å². The van der Waals surface area contributed by atoms with Crippen LogP contribution in [0, 0.1) is 23.7 Å². The predicted octanol–water partition coefficient (Wildman–Crippen LogP) is 1.43. The largest absolute Gasteiger partial charge is 0.384 e. The molecular weight excluding hydrogens is 190 g/mol. The van der Waals surface area contributed by atoms with Gasteiger partial charge in [0.2, 0.25) is 5.91 Å². The first-order valence-electron chi connectivity index (χ1n) is 5.97. The van der Waals surface area contributed by atoms with E-state index in [1.54, 1.807) is 7.11 Å². The van der Waals surface area contributed by atoms with Crippen molar-refractivity contribution in [1.82, 2.24) is 5.32 Å². The molecule has 0 radical (unpaired) electrons. The Bertz CT molecular complexity index is 232. The number of hydrogen-bond donors (Lipinski definition) is 1. The molecular formula is C12H21NO2. The average Bonchev–Trinajstić information content (AvgIpc) is 2.83. The number of nitrogens with one attached hydrogen (secondary N) is 1. The molecule has 0 aromatic rings.